The smallest absolute Gasteiger partial charge is 0.248 e. The molecule has 4 nitrogen and oxygen atoms in total. The predicted octanol–water partition coefficient (Wildman–Crippen LogP) is 4.83. The summed E-state index contributed by atoms with van der Waals surface area (Å²) in [6, 6.07) is 18.6. The van der Waals surface area contributed by atoms with Gasteiger partial charge in [0.2, 0.25) is 5.91 Å². The highest BCUT2D eigenvalue weighted by Crippen LogP contribution is 2.47. The van der Waals surface area contributed by atoms with Crippen LogP contribution in [0.5, 0.6) is 0 Å². The van der Waals surface area contributed by atoms with Crippen LogP contribution >= 0.6 is 11.8 Å². The van der Waals surface area contributed by atoms with Gasteiger partial charge in [-0.2, -0.15) is 5.10 Å². The van der Waals surface area contributed by atoms with Crippen LogP contribution in [0.25, 0.3) is 0 Å². The third-order valence-corrected chi connectivity index (χ3v) is 5.46. The van der Waals surface area contributed by atoms with Crippen molar-refractivity contribution in [2.24, 2.45) is 0 Å². The maximum atomic E-state index is 12.6. The second kappa shape index (κ2) is 6.41. The summed E-state index contributed by atoms with van der Waals surface area (Å²) in [5.41, 5.74) is 4.08. The van der Waals surface area contributed by atoms with Crippen molar-refractivity contribution in [3.63, 3.8) is 0 Å². The van der Waals surface area contributed by atoms with Gasteiger partial charge in [0.15, 0.2) is 0 Å². The summed E-state index contributed by atoms with van der Waals surface area (Å²) in [6.45, 7) is 4.46. The van der Waals surface area contributed by atoms with Crippen LogP contribution in [0, 0.1) is 13.8 Å². The molecule has 2 aromatic carbocycles. The van der Waals surface area contributed by atoms with Gasteiger partial charge in [-0.05, 0) is 44.2 Å². The van der Waals surface area contributed by atoms with Crippen LogP contribution in [0.3, 0.4) is 0 Å². The number of benzene rings is 2. The van der Waals surface area contributed by atoms with Crippen molar-refractivity contribution in [3.8, 4) is 0 Å². The minimum atomic E-state index is 0.0267. The van der Waals surface area contributed by atoms with E-state index in [2.05, 4.69) is 46.4 Å². The molecular formula is C20H19N3OS. The summed E-state index contributed by atoms with van der Waals surface area (Å²) in [6.07, 6.45) is 0.412. The Balaban J connectivity index is 1.62. The van der Waals surface area contributed by atoms with E-state index in [1.54, 1.807) is 11.8 Å². The van der Waals surface area contributed by atoms with Crippen molar-refractivity contribution in [1.82, 2.24) is 9.78 Å². The van der Waals surface area contributed by atoms with Gasteiger partial charge in [-0.1, -0.05) is 36.0 Å². The molecule has 3 aromatic rings. The first-order chi connectivity index (χ1) is 12.1. The Hall–Kier alpha value is -2.53. The Morgan fingerprint density at radius 2 is 1.60 bits per heavy atom. The third-order valence-electron chi connectivity index (χ3n) is 4.33. The molecule has 0 aliphatic carbocycles. The van der Waals surface area contributed by atoms with Gasteiger partial charge < -0.3 is 4.90 Å². The van der Waals surface area contributed by atoms with Crippen LogP contribution < -0.4 is 4.90 Å². The molecule has 0 radical (unpaired) electrons. The number of hydrogen-bond acceptors (Lipinski definition) is 4. The number of anilines is 2. The molecule has 0 saturated carbocycles. The molecule has 0 bridgehead atoms. The molecule has 0 atom stereocenters. The van der Waals surface area contributed by atoms with Gasteiger partial charge in [0.25, 0.3) is 0 Å². The van der Waals surface area contributed by atoms with Crippen LogP contribution in [0.15, 0.2) is 64.4 Å². The number of rotatable bonds is 3. The van der Waals surface area contributed by atoms with Crippen LogP contribution in [-0.2, 0) is 0 Å². The van der Waals surface area contributed by atoms with Crippen LogP contribution in [0.2, 0.25) is 0 Å². The summed E-state index contributed by atoms with van der Waals surface area (Å²) in [5.74, 6) is 0.0267. The maximum Gasteiger partial charge on any atom is 0.248 e. The van der Waals surface area contributed by atoms with Crippen molar-refractivity contribution < 1.29 is 4.79 Å². The molecule has 25 heavy (non-hydrogen) atoms. The van der Waals surface area contributed by atoms with E-state index >= 15 is 0 Å². The monoisotopic (exact) mass is 349 g/mol. The first-order valence-electron chi connectivity index (χ1n) is 8.33. The molecule has 1 aliphatic heterocycles. The fraction of sp³-hybridized carbons (Fsp3) is 0.200. The summed E-state index contributed by atoms with van der Waals surface area (Å²) in [4.78, 5) is 17.3. The number of aryl methyl sites for hydroxylation is 2. The zero-order valence-corrected chi connectivity index (χ0v) is 15.1. The molecule has 1 aliphatic rings. The van der Waals surface area contributed by atoms with Gasteiger partial charge >= 0.3 is 0 Å². The van der Waals surface area contributed by atoms with Crippen molar-refractivity contribution in [3.05, 3.63) is 66.0 Å². The molecule has 4 rings (SSSR count). The lowest BCUT2D eigenvalue weighted by molar-refractivity contribution is 0.0887. The van der Waals surface area contributed by atoms with Crippen LogP contribution in [-0.4, -0.2) is 22.2 Å². The molecule has 0 N–H and O–H groups in total. The third kappa shape index (κ3) is 2.96. The molecule has 0 spiro atoms. The highest BCUT2D eigenvalue weighted by Gasteiger charge is 2.23. The molecule has 126 valence electrons. The molecule has 5 heteroatoms. The van der Waals surface area contributed by atoms with Crippen molar-refractivity contribution in [1.29, 1.82) is 0 Å². The first-order valence-corrected chi connectivity index (χ1v) is 9.15. The fourth-order valence-corrected chi connectivity index (χ4v) is 4.31. The number of para-hydroxylation sites is 2. The summed E-state index contributed by atoms with van der Waals surface area (Å²) in [7, 11) is 0. The molecule has 0 saturated heterocycles. The lowest BCUT2D eigenvalue weighted by atomic mass is 10.2. The molecule has 1 aromatic heterocycles. The van der Waals surface area contributed by atoms with E-state index in [1.165, 1.54) is 14.5 Å². The van der Waals surface area contributed by atoms with E-state index in [1.807, 2.05) is 32.0 Å². The average molecular weight is 349 g/mol. The lowest BCUT2D eigenvalue weighted by Gasteiger charge is -2.32. The number of nitrogens with zero attached hydrogens (tertiary/aromatic N) is 3. The molecular weight excluding hydrogens is 330 g/mol. The molecule has 0 unspecified atom stereocenters. The normalized spacial score (nSPS) is 12.6. The van der Waals surface area contributed by atoms with Gasteiger partial charge in [0, 0.05) is 28.5 Å². The average Bonchev–Trinajstić information content (AvgIpc) is 2.96. The quantitative estimate of drug-likeness (QED) is 0.678. The summed E-state index contributed by atoms with van der Waals surface area (Å²) >= 11 is 1.78. The SMILES string of the molecule is Cc1cc(C)n(C(=O)CCN2c3ccccc3Sc3ccccc32)n1. The Morgan fingerprint density at radius 3 is 2.16 bits per heavy atom. The highest BCUT2D eigenvalue weighted by atomic mass is 32.2. The number of aromatic nitrogens is 2. The summed E-state index contributed by atoms with van der Waals surface area (Å²) in [5, 5.41) is 4.31. The van der Waals surface area contributed by atoms with Crippen LogP contribution in [0.1, 0.15) is 22.6 Å². The van der Waals surface area contributed by atoms with Gasteiger partial charge in [0.05, 0.1) is 17.1 Å². The molecule has 0 fully saturated rings. The van der Waals surface area contributed by atoms with E-state index < -0.39 is 0 Å². The predicted molar refractivity (Wildman–Crippen MR) is 101 cm³/mol. The zero-order chi connectivity index (χ0) is 17.4. The highest BCUT2D eigenvalue weighted by molar-refractivity contribution is 7.99. The zero-order valence-electron chi connectivity index (χ0n) is 14.3. The largest absolute Gasteiger partial charge is 0.339 e. The topological polar surface area (TPSA) is 38.1 Å². The molecule has 0 amide bonds. The van der Waals surface area contributed by atoms with E-state index in [0.29, 0.717) is 13.0 Å². The number of hydrogen-bond donors (Lipinski definition) is 0. The molecule has 2 heterocycles. The van der Waals surface area contributed by atoms with Gasteiger partial charge in [0.1, 0.15) is 0 Å². The van der Waals surface area contributed by atoms with Crippen molar-refractivity contribution in [2.45, 2.75) is 30.1 Å². The van der Waals surface area contributed by atoms with Crippen LogP contribution in [0.4, 0.5) is 11.4 Å². The lowest BCUT2D eigenvalue weighted by Crippen LogP contribution is -2.26. The second-order valence-corrected chi connectivity index (χ2v) is 7.26. The van der Waals surface area contributed by atoms with Gasteiger partial charge in [-0.25, -0.2) is 4.68 Å². The Morgan fingerprint density at radius 1 is 1.00 bits per heavy atom. The standard InChI is InChI=1S/C20H19N3OS/c1-14-13-15(2)23(21-14)20(24)11-12-22-16-7-3-5-9-18(16)25-19-10-6-4-8-17(19)22/h3-10,13H,11-12H2,1-2H3. The second-order valence-electron chi connectivity index (χ2n) is 6.17. The van der Waals surface area contributed by atoms with E-state index in [-0.39, 0.29) is 5.91 Å². The van der Waals surface area contributed by atoms with E-state index in [9.17, 15) is 4.79 Å². The Kier molecular flexibility index (Phi) is 4.09. The van der Waals surface area contributed by atoms with Gasteiger partial charge in [-0.15, -0.1) is 0 Å². The maximum absolute atomic E-state index is 12.6. The first kappa shape index (κ1) is 16.0. The number of carbonyl (C=O) groups is 1. The van der Waals surface area contributed by atoms with Crippen molar-refractivity contribution >= 4 is 29.0 Å². The van der Waals surface area contributed by atoms with Gasteiger partial charge in [-0.3, -0.25) is 4.79 Å². The minimum absolute atomic E-state index is 0.0267. The van der Waals surface area contributed by atoms with E-state index in [4.69, 9.17) is 0 Å². The number of carbonyl (C=O) groups excluding carboxylic acids is 1. The Labute approximate surface area is 151 Å². The number of fused-ring (bicyclic) bond motifs is 2. The van der Waals surface area contributed by atoms with Crippen molar-refractivity contribution in [2.75, 3.05) is 11.4 Å². The summed E-state index contributed by atoms with van der Waals surface area (Å²) < 4.78 is 1.52. The minimum Gasteiger partial charge on any atom is -0.339 e. The van der Waals surface area contributed by atoms with E-state index in [0.717, 1.165) is 22.8 Å². The fourth-order valence-electron chi connectivity index (χ4n) is 3.22. The Bertz CT molecular complexity index is 902.